The van der Waals surface area contributed by atoms with Crippen LogP contribution in [0.25, 0.3) is 11.4 Å². The Morgan fingerprint density at radius 1 is 1.08 bits per heavy atom. The van der Waals surface area contributed by atoms with Gasteiger partial charge in [0.25, 0.3) is 0 Å². The van der Waals surface area contributed by atoms with E-state index >= 15 is 0 Å². The van der Waals surface area contributed by atoms with Gasteiger partial charge < -0.3 is 15.0 Å². The van der Waals surface area contributed by atoms with E-state index in [9.17, 15) is 0 Å². The van der Waals surface area contributed by atoms with Crippen molar-refractivity contribution in [3.63, 3.8) is 0 Å². The summed E-state index contributed by atoms with van der Waals surface area (Å²) in [6, 6.07) is 11.2. The fraction of sp³-hybridized carbons (Fsp3) is 0.517. The minimum atomic E-state index is 0.212. The zero-order valence-corrected chi connectivity index (χ0v) is 24.4. The molecule has 0 saturated carbocycles. The summed E-state index contributed by atoms with van der Waals surface area (Å²) in [5.41, 5.74) is 2.46. The number of aromatic nitrogens is 3. The molecule has 0 amide bonds. The Hall–Kier alpha value is -2.16. The molecule has 7 nitrogen and oxygen atoms in total. The number of anilines is 1. The highest BCUT2D eigenvalue weighted by Gasteiger charge is 2.42. The molecule has 3 aromatic rings. The largest absolute Gasteiger partial charge is 0.400 e. The van der Waals surface area contributed by atoms with Crippen molar-refractivity contribution in [1.82, 2.24) is 24.8 Å². The maximum atomic E-state index is 7.00. The lowest BCUT2D eigenvalue weighted by molar-refractivity contribution is -0.0120. The lowest BCUT2D eigenvalue weighted by Crippen LogP contribution is -2.63. The Balaban J connectivity index is 0.00000164. The van der Waals surface area contributed by atoms with Crippen molar-refractivity contribution < 1.29 is 5.11 Å². The number of aromatic amines is 1. The molecular weight excluding hydrogens is 519 g/mol. The molecule has 2 unspecified atom stereocenters. The van der Waals surface area contributed by atoms with E-state index in [4.69, 9.17) is 33.3 Å². The highest BCUT2D eigenvalue weighted by molar-refractivity contribution is 6.33. The molecule has 0 spiro atoms. The maximum absolute atomic E-state index is 7.00. The zero-order chi connectivity index (χ0) is 27.3. The van der Waals surface area contributed by atoms with Crippen LogP contribution in [0.5, 0.6) is 0 Å². The van der Waals surface area contributed by atoms with Gasteiger partial charge in [-0.1, -0.05) is 42.3 Å². The van der Waals surface area contributed by atoms with Crippen LogP contribution in [0.1, 0.15) is 51.6 Å². The lowest BCUT2D eigenvalue weighted by atomic mass is 9.84. The molecule has 2 aliphatic rings. The number of pyridine rings is 1. The van der Waals surface area contributed by atoms with Gasteiger partial charge in [-0.05, 0) is 56.9 Å². The van der Waals surface area contributed by atoms with Crippen LogP contribution < -0.4 is 4.90 Å². The summed E-state index contributed by atoms with van der Waals surface area (Å²) in [7, 11) is 1.00. The Labute approximate surface area is 236 Å². The number of piperidine rings is 1. The molecule has 0 aliphatic carbocycles. The fourth-order valence-electron chi connectivity index (χ4n) is 5.96. The minimum absolute atomic E-state index is 0.212. The van der Waals surface area contributed by atoms with Crippen LogP contribution in [0.3, 0.4) is 0 Å². The fourth-order valence-corrected chi connectivity index (χ4v) is 6.37. The zero-order valence-electron chi connectivity index (χ0n) is 22.9. The van der Waals surface area contributed by atoms with E-state index in [1.54, 1.807) is 6.20 Å². The van der Waals surface area contributed by atoms with Crippen LogP contribution in [-0.2, 0) is 0 Å². The number of hydrogen-bond donors (Lipinski definition) is 2. The summed E-state index contributed by atoms with van der Waals surface area (Å²) < 4.78 is 0. The second-order valence-corrected chi connectivity index (χ2v) is 11.3. The van der Waals surface area contributed by atoms with Crippen molar-refractivity contribution in [3.8, 4) is 11.4 Å². The molecule has 9 heteroatoms. The SMILES string of the molecule is CCC1CN(c2ncc(-c3ncc[nH]3)cc2Cl)CCN1C1(C)CCN(C(C)c2ccc(Cl)cc2)CC1.CO. The standard InChI is InChI=1S/C28H36Cl2N6.CH4O/c1-4-24-19-35(27-25(30)17-22(18-33-27)26-31-11-12-32-26)15-16-36(24)28(3)9-13-34(14-10-28)20(2)21-5-7-23(29)8-6-21;1-2/h5-8,11-12,17-18,20,24H,4,9-10,13-16,19H2,1-3H3,(H,31,32);2H,1H3. The van der Waals surface area contributed by atoms with Crippen LogP contribution in [0, 0.1) is 0 Å². The molecule has 2 N–H and O–H groups in total. The van der Waals surface area contributed by atoms with Gasteiger partial charge in [-0.15, -0.1) is 0 Å². The van der Waals surface area contributed by atoms with E-state index in [0.717, 1.165) is 68.5 Å². The number of hydrogen-bond acceptors (Lipinski definition) is 6. The highest BCUT2D eigenvalue weighted by Crippen LogP contribution is 2.37. The van der Waals surface area contributed by atoms with Crippen molar-refractivity contribution in [2.24, 2.45) is 0 Å². The molecule has 5 rings (SSSR count). The minimum Gasteiger partial charge on any atom is -0.400 e. The first-order valence-electron chi connectivity index (χ1n) is 13.5. The summed E-state index contributed by atoms with van der Waals surface area (Å²) in [6.45, 7) is 12.2. The Kier molecular flexibility index (Phi) is 9.71. The van der Waals surface area contributed by atoms with Crippen LogP contribution in [0.15, 0.2) is 48.9 Å². The van der Waals surface area contributed by atoms with Gasteiger partial charge in [0.05, 0.1) is 5.02 Å². The highest BCUT2D eigenvalue weighted by atomic mass is 35.5. The number of benzene rings is 1. The molecule has 0 radical (unpaired) electrons. The molecule has 2 atom stereocenters. The molecule has 0 bridgehead atoms. The first-order chi connectivity index (χ1) is 18.4. The van der Waals surface area contributed by atoms with Crippen molar-refractivity contribution in [2.75, 3.05) is 44.7 Å². The molecule has 38 heavy (non-hydrogen) atoms. The van der Waals surface area contributed by atoms with E-state index in [0.29, 0.717) is 17.1 Å². The maximum Gasteiger partial charge on any atom is 0.147 e. The number of piperazine rings is 1. The van der Waals surface area contributed by atoms with Gasteiger partial charge in [0.2, 0.25) is 0 Å². The van der Waals surface area contributed by atoms with Crippen molar-refractivity contribution in [2.45, 2.75) is 57.7 Å². The summed E-state index contributed by atoms with van der Waals surface area (Å²) >= 11 is 12.8. The monoisotopic (exact) mass is 558 g/mol. The normalized spacial score (nSPS) is 21.0. The van der Waals surface area contributed by atoms with Gasteiger partial charge in [-0.25, -0.2) is 9.97 Å². The van der Waals surface area contributed by atoms with Gasteiger partial charge in [0, 0.05) is 86.6 Å². The molecule has 2 saturated heterocycles. The molecule has 1 aromatic carbocycles. The number of nitrogens with one attached hydrogen (secondary N) is 1. The molecule has 2 fully saturated rings. The van der Waals surface area contributed by atoms with Gasteiger partial charge in [0.1, 0.15) is 11.6 Å². The summed E-state index contributed by atoms with van der Waals surface area (Å²) in [5.74, 6) is 1.67. The van der Waals surface area contributed by atoms with Crippen LogP contribution in [0.4, 0.5) is 5.82 Å². The van der Waals surface area contributed by atoms with Crippen LogP contribution >= 0.6 is 23.2 Å². The second-order valence-electron chi connectivity index (χ2n) is 10.4. The Bertz CT molecular complexity index is 1150. The van der Waals surface area contributed by atoms with E-state index in [1.807, 2.05) is 30.6 Å². The molecule has 206 valence electrons. The number of likely N-dealkylation sites (tertiary alicyclic amines) is 1. The average molecular weight is 560 g/mol. The van der Waals surface area contributed by atoms with Crippen molar-refractivity contribution in [3.05, 3.63) is 64.5 Å². The third-order valence-corrected chi connectivity index (χ3v) is 8.85. The first kappa shape index (κ1) is 28.8. The first-order valence-corrected chi connectivity index (χ1v) is 14.2. The smallest absolute Gasteiger partial charge is 0.147 e. The third kappa shape index (κ3) is 6.18. The lowest BCUT2D eigenvalue weighted by Gasteiger charge is -2.54. The third-order valence-electron chi connectivity index (χ3n) is 8.32. The van der Waals surface area contributed by atoms with Crippen LogP contribution in [-0.4, -0.2) is 81.3 Å². The van der Waals surface area contributed by atoms with E-state index in [2.05, 4.69) is 57.6 Å². The van der Waals surface area contributed by atoms with E-state index < -0.39 is 0 Å². The molecule has 2 aliphatic heterocycles. The van der Waals surface area contributed by atoms with Crippen molar-refractivity contribution >= 4 is 29.0 Å². The quantitative estimate of drug-likeness (QED) is 0.392. The number of aliphatic hydroxyl groups excluding tert-OH is 1. The number of halogens is 2. The molecule has 4 heterocycles. The summed E-state index contributed by atoms with van der Waals surface area (Å²) in [5, 5.41) is 8.48. The number of aliphatic hydroxyl groups is 1. The topological polar surface area (TPSA) is 71.5 Å². The number of rotatable bonds is 6. The summed E-state index contributed by atoms with van der Waals surface area (Å²) in [4.78, 5) is 19.9. The van der Waals surface area contributed by atoms with Gasteiger partial charge >= 0.3 is 0 Å². The van der Waals surface area contributed by atoms with E-state index in [1.165, 1.54) is 18.4 Å². The Morgan fingerprint density at radius 2 is 1.79 bits per heavy atom. The number of imidazole rings is 1. The number of H-pyrrole nitrogens is 1. The van der Waals surface area contributed by atoms with Gasteiger partial charge in [-0.3, -0.25) is 9.80 Å². The van der Waals surface area contributed by atoms with Crippen LogP contribution in [0.2, 0.25) is 10.0 Å². The predicted octanol–water partition coefficient (Wildman–Crippen LogP) is 5.90. The van der Waals surface area contributed by atoms with Crippen molar-refractivity contribution in [1.29, 1.82) is 0 Å². The Morgan fingerprint density at radius 3 is 2.39 bits per heavy atom. The average Bonchev–Trinajstić information content (AvgIpc) is 3.49. The van der Waals surface area contributed by atoms with Gasteiger partial charge in [0.15, 0.2) is 0 Å². The number of nitrogens with zero attached hydrogens (tertiary/aromatic N) is 5. The summed E-state index contributed by atoms with van der Waals surface area (Å²) in [6.07, 6.45) is 8.89. The second kappa shape index (κ2) is 12.8. The van der Waals surface area contributed by atoms with Gasteiger partial charge in [-0.2, -0.15) is 0 Å². The van der Waals surface area contributed by atoms with E-state index in [-0.39, 0.29) is 5.54 Å². The molecule has 2 aromatic heterocycles. The molecular formula is C29H40Cl2N6O. The predicted molar refractivity (Wildman–Crippen MR) is 157 cm³/mol.